The zero-order valence-corrected chi connectivity index (χ0v) is 9.01. The summed E-state index contributed by atoms with van der Waals surface area (Å²) < 4.78 is 10.1. The number of rotatable bonds is 3. The zero-order valence-electron chi connectivity index (χ0n) is 6.12. The SMILES string of the molecule is O=C([O-])C(O)C(O)P(=O)(O)O.[Na+]. The van der Waals surface area contributed by atoms with Gasteiger partial charge in [-0.25, -0.2) is 0 Å². The molecule has 0 amide bonds. The average Bonchev–Trinajstić information content (AvgIpc) is 1.82. The topological polar surface area (TPSA) is 138 Å². The van der Waals surface area contributed by atoms with E-state index in [1.54, 1.807) is 0 Å². The zero-order chi connectivity index (χ0) is 9.23. The minimum Gasteiger partial charge on any atom is -0.547 e. The average molecular weight is 208 g/mol. The van der Waals surface area contributed by atoms with E-state index in [2.05, 4.69) is 0 Å². The van der Waals surface area contributed by atoms with Crippen LogP contribution in [0.2, 0.25) is 0 Å². The fraction of sp³-hybridized carbons (Fsp3) is 0.667. The number of aliphatic carboxylic acids is 1. The molecule has 0 aromatic carbocycles. The first-order chi connectivity index (χ1) is 4.76. The number of hydrogen-bond donors (Lipinski definition) is 4. The van der Waals surface area contributed by atoms with Crippen molar-refractivity contribution in [3.8, 4) is 0 Å². The van der Waals surface area contributed by atoms with Crippen molar-refractivity contribution in [1.82, 2.24) is 0 Å². The van der Waals surface area contributed by atoms with Crippen LogP contribution < -0.4 is 34.7 Å². The number of carboxylic acid groups (broad SMARTS) is 1. The maximum absolute atomic E-state index is 10.1. The third-order valence-corrected chi connectivity index (χ3v) is 1.84. The van der Waals surface area contributed by atoms with Gasteiger partial charge in [-0.2, -0.15) is 0 Å². The number of carbonyl (C=O) groups excluding carboxylic acids is 1. The van der Waals surface area contributed by atoms with Crippen LogP contribution in [-0.2, 0) is 9.36 Å². The Balaban J connectivity index is 0. The Morgan fingerprint density at radius 2 is 1.67 bits per heavy atom. The van der Waals surface area contributed by atoms with Gasteiger partial charge in [0.2, 0.25) is 0 Å². The van der Waals surface area contributed by atoms with Crippen molar-refractivity contribution in [3.05, 3.63) is 0 Å². The van der Waals surface area contributed by atoms with Gasteiger partial charge in [-0.15, -0.1) is 0 Å². The van der Waals surface area contributed by atoms with Crippen molar-refractivity contribution in [2.45, 2.75) is 11.9 Å². The molecule has 2 atom stereocenters. The Hall–Kier alpha value is 0.540. The Kier molecular flexibility index (Phi) is 6.65. The largest absolute Gasteiger partial charge is 1.00 e. The molecule has 0 aliphatic rings. The van der Waals surface area contributed by atoms with Crippen LogP contribution >= 0.6 is 7.60 Å². The summed E-state index contributed by atoms with van der Waals surface area (Å²) in [5.41, 5.74) is 0. The van der Waals surface area contributed by atoms with Gasteiger partial charge >= 0.3 is 37.2 Å². The first-order valence-corrected chi connectivity index (χ1v) is 4.07. The Morgan fingerprint density at radius 3 is 1.75 bits per heavy atom. The molecular weight excluding hydrogens is 202 g/mol. The molecule has 12 heavy (non-hydrogen) atoms. The predicted molar refractivity (Wildman–Crippen MR) is 29.1 cm³/mol. The number of hydrogen-bond acceptors (Lipinski definition) is 5. The van der Waals surface area contributed by atoms with Crippen molar-refractivity contribution in [3.63, 3.8) is 0 Å². The van der Waals surface area contributed by atoms with Gasteiger partial charge in [0.1, 0.15) is 6.10 Å². The van der Waals surface area contributed by atoms with Gasteiger partial charge < -0.3 is 29.9 Å². The van der Waals surface area contributed by atoms with E-state index in [9.17, 15) is 14.5 Å². The van der Waals surface area contributed by atoms with Crippen LogP contribution in [0.25, 0.3) is 0 Å². The summed E-state index contributed by atoms with van der Waals surface area (Å²) in [5.74, 6) is -4.77. The second-order valence-corrected chi connectivity index (χ2v) is 3.47. The van der Waals surface area contributed by atoms with E-state index in [4.69, 9.17) is 20.0 Å². The summed E-state index contributed by atoms with van der Waals surface area (Å²) in [6, 6.07) is 0. The van der Waals surface area contributed by atoms with Crippen LogP contribution in [0.15, 0.2) is 0 Å². The summed E-state index contributed by atoms with van der Waals surface area (Å²) >= 11 is 0. The van der Waals surface area contributed by atoms with Gasteiger partial charge in [0.15, 0.2) is 5.85 Å². The molecule has 9 heteroatoms. The Morgan fingerprint density at radius 1 is 1.33 bits per heavy atom. The first kappa shape index (κ1) is 15.0. The standard InChI is InChI=1S/C3H7O7P.Na/c4-1(2(5)6)3(7)11(8,9)10;/h1,3-4,7H,(H,5,6)(H2,8,9,10);/q;+1/p-1. The molecule has 0 aliphatic heterocycles. The fourth-order valence-electron chi connectivity index (χ4n) is 0.306. The molecule has 66 valence electrons. The van der Waals surface area contributed by atoms with E-state index >= 15 is 0 Å². The van der Waals surface area contributed by atoms with Crippen LogP contribution in [0.4, 0.5) is 0 Å². The third kappa shape index (κ3) is 4.54. The molecule has 0 bridgehead atoms. The second-order valence-electron chi connectivity index (χ2n) is 1.77. The molecule has 0 fully saturated rings. The maximum Gasteiger partial charge on any atom is 1.00 e. The van der Waals surface area contributed by atoms with E-state index in [1.165, 1.54) is 0 Å². The molecule has 0 saturated carbocycles. The maximum atomic E-state index is 10.1. The molecule has 2 unspecified atom stereocenters. The van der Waals surface area contributed by atoms with Gasteiger partial charge in [-0.05, 0) is 0 Å². The van der Waals surface area contributed by atoms with Crippen molar-refractivity contribution < 1.29 is 64.0 Å². The quantitative estimate of drug-likeness (QED) is 0.267. The Labute approximate surface area is 89.5 Å². The molecule has 0 heterocycles. The van der Waals surface area contributed by atoms with Crippen molar-refractivity contribution in [1.29, 1.82) is 0 Å². The van der Waals surface area contributed by atoms with Crippen LogP contribution in [0.1, 0.15) is 0 Å². The van der Waals surface area contributed by atoms with Crippen molar-refractivity contribution >= 4 is 13.6 Å². The van der Waals surface area contributed by atoms with E-state index in [0.29, 0.717) is 0 Å². The summed E-state index contributed by atoms with van der Waals surface area (Å²) in [6.45, 7) is 0. The van der Waals surface area contributed by atoms with Crippen LogP contribution in [0.5, 0.6) is 0 Å². The van der Waals surface area contributed by atoms with Crippen LogP contribution in [0.3, 0.4) is 0 Å². The molecule has 0 aliphatic carbocycles. The molecule has 0 aromatic heterocycles. The molecule has 0 rings (SSSR count). The molecule has 0 saturated heterocycles. The predicted octanol–water partition coefficient (Wildman–Crippen LogP) is -6.40. The van der Waals surface area contributed by atoms with E-state index < -0.39 is 25.5 Å². The van der Waals surface area contributed by atoms with E-state index in [1.807, 2.05) is 0 Å². The number of aliphatic hydroxyl groups is 2. The number of aliphatic hydroxyl groups excluding tert-OH is 2. The normalized spacial score (nSPS) is 16.0. The summed E-state index contributed by atoms with van der Waals surface area (Å²) in [4.78, 5) is 26.0. The van der Waals surface area contributed by atoms with Crippen LogP contribution in [0, 0.1) is 0 Å². The number of carbonyl (C=O) groups is 1. The second kappa shape index (κ2) is 5.31. The molecule has 0 aromatic rings. The van der Waals surface area contributed by atoms with Crippen LogP contribution in [-0.4, -0.2) is 37.9 Å². The molecule has 0 radical (unpaired) electrons. The first-order valence-electron chi connectivity index (χ1n) is 2.39. The monoisotopic (exact) mass is 208 g/mol. The smallest absolute Gasteiger partial charge is 0.547 e. The van der Waals surface area contributed by atoms with Gasteiger partial charge in [0, 0.05) is 0 Å². The van der Waals surface area contributed by atoms with E-state index in [0.717, 1.165) is 0 Å². The van der Waals surface area contributed by atoms with Gasteiger partial charge in [-0.1, -0.05) is 0 Å². The molecule has 4 N–H and O–H groups in total. The van der Waals surface area contributed by atoms with Crippen molar-refractivity contribution in [2.75, 3.05) is 0 Å². The minimum atomic E-state index is -4.98. The number of carboxylic acids is 1. The molecule has 0 spiro atoms. The fourth-order valence-corrected chi connectivity index (χ4v) is 0.795. The van der Waals surface area contributed by atoms with Gasteiger partial charge in [0.25, 0.3) is 0 Å². The van der Waals surface area contributed by atoms with E-state index in [-0.39, 0.29) is 29.6 Å². The third-order valence-electron chi connectivity index (χ3n) is 0.869. The minimum absolute atomic E-state index is 0. The summed E-state index contributed by atoms with van der Waals surface area (Å²) in [7, 11) is -4.98. The van der Waals surface area contributed by atoms with Gasteiger partial charge in [-0.3, -0.25) is 4.57 Å². The molecule has 7 nitrogen and oxygen atoms in total. The Bertz CT molecular complexity index is 199. The summed E-state index contributed by atoms with van der Waals surface area (Å²) in [5, 5.41) is 26.4. The summed E-state index contributed by atoms with van der Waals surface area (Å²) in [6.07, 6.45) is -2.57. The molecular formula is C3H6NaO7P. The van der Waals surface area contributed by atoms with Crippen molar-refractivity contribution in [2.24, 2.45) is 0 Å². The van der Waals surface area contributed by atoms with Gasteiger partial charge in [0.05, 0.1) is 5.97 Å².